The summed E-state index contributed by atoms with van der Waals surface area (Å²) >= 11 is 10.8. The number of alkyl halides is 3. The van der Waals surface area contributed by atoms with Gasteiger partial charge in [0.2, 0.25) is 0 Å². The number of hydrogen-bond donors (Lipinski definition) is 1. The average Bonchev–Trinajstić information content (AvgIpc) is 2.25. The van der Waals surface area contributed by atoms with Crippen LogP contribution in [-0.2, 0) is 0 Å². The summed E-state index contributed by atoms with van der Waals surface area (Å²) in [6.45, 7) is 0.987. The highest BCUT2D eigenvalue weighted by Gasteiger charge is 2.31. The van der Waals surface area contributed by atoms with E-state index in [0.717, 1.165) is 0 Å². The van der Waals surface area contributed by atoms with Gasteiger partial charge in [-0.2, -0.15) is 13.2 Å². The second kappa shape index (κ2) is 6.43. The number of nitrogens with two attached hydrogens (primary N) is 1. The van der Waals surface area contributed by atoms with Gasteiger partial charge in [0.1, 0.15) is 11.5 Å². The van der Waals surface area contributed by atoms with Gasteiger partial charge in [-0.25, -0.2) is 0 Å². The molecule has 0 atom stereocenters. The van der Waals surface area contributed by atoms with Crippen molar-refractivity contribution in [3.05, 3.63) is 28.8 Å². The summed E-state index contributed by atoms with van der Waals surface area (Å²) in [5.74, 6) is 0. The summed E-state index contributed by atoms with van der Waals surface area (Å²) in [6, 6.07) is 4.68. The van der Waals surface area contributed by atoms with Crippen molar-refractivity contribution in [1.82, 2.24) is 0 Å². The second-order valence-electron chi connectivity index (χ2n) is 4.03. The maximum absolute atomic E-state index is 12.6. The van der Waals surface area contributed by atoms with Crippen LogP contribution in [-0.4, -0.2) is 24.3 Å². The molecule has 0 amide bonds. The normalized spacial score (nSPS) is 11.4. The minimum Gasteiger partial charge on any atom is -0.389 e. The molecule has 7 heteroatoms. The van der Waals surface area contributed by atoms with Crippen molar-refractivity contribution in [1.29, 1.82) is 0 Å². The zero-order chi connectivity index (χ0) is 14.6. The molecule has 0 fully saturated rings. The number of rotatable bonds is 5. The van der Waals surface area contributed by atoms with E-state index >= 15 is 0 Å². The first-order chi connectivity index (χ1) is 8.76. The number of benzene rings is 1. The van der Waals surface area contributed by atoms with Crippen LogP contribution < -0.4 is 10.6 Å². The van der Waals surface area contributed by atoms with E-state index in [2.05, 4.69) is 0 Å². The Kier molecular flexibility index (Phi) is 5.43. The van der Waals surface area contributed by atoms with Crippen LogP contribution in [0.1, 0.15) is 18.9 Å². The first-order valence-corrected chi connectivity index (χ1v) is 6.45. The van der Waals surface area contributed by atoms with Crippen LogP contribution in [0.4, 0.5) is 18.9 Å². The van der Waals surface area contributed by atoms with Crippen molar-refractivity contribution in [2.24, 2.45) is 5.73 Å². The maximum Gasteiger partial charge on any atom is 0.405 e. The molecular weight excluding hydrogens is 297 g/mol. The molecule has 0 aliphatic rings. The van der Waals surface area contributed by atoms with Gasteiger partial charge in [-0.05, 0) is 18.6 Å². The third-order valence-electron chi connectivity index (χ3n) is 2.44. The molecule has 106 valence electrons. The van der Waals surface area contributed by atoms with E-state index in [0.29, 0.717) is 12.1 Å². The van der Waals surface area contributed by atoms with Gasteiger partial charge < -0.3 is 10.6 Å². The molecular formula is C12H14ClF3N2S. The van der Waals surface area contributed by atoms with E-state index in [-0.39, 0.29) is 22.1 Å². The molecule has 0 spiro atoms. The smallest absolute Gasteiger partial charge is 0.389 e. The molecule has 0 aliphatic carbocycles. The van der Waals surface area contributed by atoms with Gasteiger partial charge in [-0.3, -0.25) is 0 Å². The van der Waals surface area contributed by atoms with E-state index in [1.807, 2.05) is 0 Å². The summed E-state index contributed by atoms with van der Waals surface area (Å²) in [6.07, 6.45) is -3.73. The van der Waals surface area contributed by atoms with Crippen molar-refractivity contribution < 1.29 is 13.2 Å². The van der Waals surface area contributed by atoms with Crippen molar-refractivity contribution in [3.8, 4) is 0 Å². The fourth-order valence-corrected chi connectivity index (χ4v) is 2.33. The molecule has 0 unspecified atom stereocenters. The minimum atomic E-state index is -4.30. The fraction of sp³-hybridized carbons (Fsp3) is 0.417. The van der Waals surface area contributed by atoms with Gasteiger partial charge in [-0.15, -0.1) is 0 Å². The topological polar surface area (TPSA) is 29.3 Å². The summed E-state index contributed by atoms with van der Waals surface area (Å²) in [7, 11) is 0. The molecule has 1 rings (SSSR count). The van der Waals surface area contributed by atoms with Crippen LogP contribution in [0.25, 0.3) is 0 Å². The van der Waals surface area contributed by atoms with E-state index in [4.69, 9.17) is 29.6 Å². The molecule has 1 aromatic carbocycles. The molecule has 0 saturated carbocycles. The van der Waals surface area contributed by atoms with Crippen molar-refractivity contribution in [3.63, 3.8) is 0 Å². The molecule has 0 saturated heterocycles. The summed E-state index contributed by atoms with van der Waals surface area (Å²) in [4.78, 5) is 1.18. The average molecular weight is 311 g/mol. The van der Waals surface area contributed by atoms with Gasteiger partial charge in [0.15, 0.2) is 0 Å². The second-order valence-corrected chi connectivity index (χ2v) is 4.88. The SMILES string of the molecule is CCCN(CC(F)(F)F)c1cccc(Cl)c1C(N)=S. The van der Waals surface area contributed by atoms with Gasteiger partial charge in [0.05, 0.1) is 10.6 Å². The minimum absolute atomic E-state index is 0.0103. The lowest BCUT2D eigenvalue weighted by molar-refractivity contribution is -0.119. The van der Waals surface area contributed by atoms with Crippen LogP contribution >= 0.6 is 23.8 Å². The highest BCUT2D eigenvalue weighted by molar-refractivity contribution is 7.80. The molecule has 19 heavy (non-hydrogen) atoms. The molecule has 0 aromatic heterocycles. The Balaban J connectivity index is 3.22. The van der Waals surface area contributed by atoms with Crippen molar-refractivity contribution in [2.45, 2.75) is 19.5 Å². The Hall–Kier alpha value is -1.01. The first-order valence-electron chi connectivity index (χ1n) is 5.66. The lowest BCUT2D eigenvalue weighted by Gasteiger charge is -2.27. The molecule has 2 nitrogen and oxygen atoms in total. The summed E-state index contributed by atoms with van der Waals surface area (Å²) in [5.41, 5.74) is 6.16. The van der Waals surface area contributed by atoms with Crippen LogP contribution in [0, 0.1) is 0 Å². The molecule has 0 aliphatic heterocycles. The van der Waals surface area contributed by atoms with Crippen LogP contribution in [0.15, 0.2) is 18.2 Å². The predicted molar refractivity (Wildman–Crippen MR) is 75.9 cm³/mol. The predicted octanol–water partition coefficient (Wildman–Crippen LogP) is 3.75. The Morgan fingerprint density at radius 3 is 2.53 bits per heavy atom. The molecule has 2 N–H and O–H groups in total. The number of thiocarbonyl (C=S) groups is 1. The first kappa shape index (κ1) is 16.0. The molecule has 1 aromatic rings. The summed E-state index contributed by atoms with van der Waals surface area (Å²) in [5, 5.41) is 0.258. The van der Waals surface area contributed by atoms with E-state index in [1.54, 1.807) is 25.1 Å². The van der Waals surface area contributed by atoms with Gasteiger partial charge in [-0.1, -0.05) is 36.8 Å². The Morgan fingerprint density at radius 1 is 1.42 bits per heavy atom. The van der Waals surface area contributed by atoms with Gasteiger partial charge in [0.25, 0.3) is 0 Å². The Morgan fingerprint density at radius 2 is 2.05 bits per heavy atom. The third kappa shape index (κ3) is 4.54. The lowest BCUT2D eigenvalue weighted by atomic mass is 10.1. The Labute approximate surface area is 120 Å². The fourth-order valence-electron chi connectivity index (χ4n) is 1.79. The third-order valence-corrected chi connectivity index (χ3v) is 2.96. The van der Waals surface area contributed by atoms with Crippen LogP contribution in [0.5, 0.6) is 0 Å². The van der Waals surface area contributed by atoms with E-state index < -0.39 is 12.7 Å². The number of halogens is 4. The van der Waals surface area contributed by atoms with E-state index in [1.165, 1.54) is 4.90 Å². The van der Waals surface area contributed by atoms with Crippen LogP contribution in [0.2, 0.25) is 5.02 Å². The zero-order valence-corrected chi connectivity index (χ0v) is 11.9. The molecule has 0 bridgehead atoms. The lowest BCUT2D eigenvalue weighted by Crippen LogP contribution is -2.36. The number of nitrogens with zero attached hydrogens (tertiary/aromatic N) is 1. The van der Waals surface area contributed by atoms with Gasteiger partial charge in [0, 0.05) is 12.2 Å². The maximum atomic E-state index is 12.6. The van der Waals surface area contributed by atoms with E-state index in [9.17, 15) is 13.2 Å². The zero-order valence-electron chi connectivity index (χ0n) is 10.3. The molecule has 0 heterocycles. The number of anilines is 1. The quantitative estimate of drug-likeness (QED) is 0.840. The standard InChI is InChI=1S/C12H14ClF3N2S/c1-2-6-18(7-12(14,15)16)9-5-3-4-8(13)10(9)11(17)19/h3-5H,2,6-7H2,1H3,(H2,17,19). The summed E-state index contributed by atoms with van der Waals surface area (Å²) < 4.78 is 37.8. The van der Waals surface area contributed by atoms with Crippen molar-refractivity contribution in [2.75, 3.05) is 18.0 Å². The highest BCUT2D eigenvalue weighted by atomic mass is 35.5. The molecule has 0 radical (unpaired) electrons. The van der Waals surface area contributed by atoms with Crippen LogP contribution in [0.3, 0.4) is 0 Å². The van der Waals surface area contributed by atoms with Crippen molar-refractivity contribution >= 4 is 34.5 Å². The van der Waals surface area contributed by atoms with Gasteiger partial charge >= 0.3 is 6.18 Å². The Bertz CT molecular complexity index is 463. The number of hydrogen-bond acceptors (Lipinski definition) is 2. The highest BCUT2D eigenvalue weighted by Crippen LogP contribution is 2.30. The monoisotopic (exact) mass is 310 g/mol. The largest absolute Gasteiger partial charge is 0.405 e.